The first-order valence-electron chi connectivity index (χ1n) is 10.3. The average molecular weight is 432 g/mol. The van der Waals surface area contributed by atoms with Gasteiger partial charge < -0.3 is 14.5 Å². The average Bonchev–Trinajstić information content (AvgIpc) is 2.78. The number of anilines is 1. The third-order valence-electron chi connectivity index (χ3n) is 5.22. The van der Waals surface area contributed by atoms with Crippen LogP contribution >= 0.6 is 0 Å². The number of piperazine rings is 1. The highest BCUT2D eigenvalue weighted by molar-refractivity contribution is 7.92. The number of benzene rings is 2. The summed E-state index contributed by atoms with van der Waals surface area (Å²) >= 11 is 0. The lowest BCUT2D eigenvalue weighted by Gasteiger charge is -2.35. The van der Waals surface area contributed by atoms with Gasteiger partial charge in [0.25, 0.3) is 10.0 Å². The number of nitrogens with zero attached hydrogens (tertiary/aromatic N) is 3. The molecule has 1 fully saturated rings. The lowest BCUT2D eigenvalue weighted by Crippen LogP contribution is -2.51. The van der Waals surface area contributed by atoms with E-state index in [9.17, 15) is 13.2 Å². The van der Waals surface area contributed by atoms with Crippen LogP contribution in [0, 0.1) is 0 Å². The van der Waals surface area contributed by atoms with Crippen LogP contribution in [0.2, 0.25) is 0 Å². The zero-order valence-electron chi connectivity index (χ0n) is 17.5. The number of carbonyl (C=O) groups is 1. The third-order valence-corrected chi connectivity index (χ3v) is 7.01. The van der Waals surface area contributed by atoms with Gasteiger partial charge in [0.2, 0.25) is 5.91 Å². The van der Waals surface area contributed by atoms with Crippen molar-refractivity contribution in [2.24, 2.45) is 0 Å². The Kier molecular flexibility index (Phi) is 7.33. The van der Waals surface area contributed by atoms with E-state index < -0.39 is 10.0 Å². The molecule has 8 heteroatoms. The number of sulfonamides is 1. The van der Waals surface area contributed by atoms with E-state index in [1.807, 2.05) is 13.0 Å². The summed E-state index contributed by atoms with van der Waals surface area (Å²) in [5, 5.41) is 0. The van der Waals surface area contributed by atoms with Gasteiger partial charge in [0.05, 0.1) is 17.2 Å². The van der Waals surface area contributed by atoms with Gasteiger partial charge in [-0.1, -0.05) is 25.1 Å². The Morgan fingerprint density at radius 2 is 1.60 bits per heavy atom. The maximum absolute atomic E-state index is 13.4. The zero-order chi connectivity index (χ0) is 21.6. The molecule has 0 aromatic heterocycles. The van der Waals surface area contributed by atoms with Crippen molar-refractivity contribution in [1.82, 2.24) is 9.80 Å². The van der Waals surface area contributed by atoms with Crippen LogP contribution < -0.4 is 9.04 Å². The summed E-state index contributed by atoms with van der Waals surface area (Å²) in [6, 6.07) is 15.0. The molecular formula is C22H29N3O4S. The predicted molar refractivity (Wildman–Crippen MR) is 117 cm³/mol. The minimum absolute atomic E-state index is 0.124. The summed E-state index contributed by atoms with van der Waals surface area (Å²) in [7, 11) is -3.92. The van der Waals surface area contributed by atoms with Crippen LogP contribution in [-0.2, 0) is 14.8 Å². The summed E-state index contributed by atoms with van der Waals surface area (Å²) in [4.78, 5) is 17.1. The Balaban J connectivity index is 1.85. The lowest BCUT2D eigenvalue weighted by atomic mass is 10.3. The van der Waals surface area contributed by atoms with Crippen molar-refractivity contribution in [2.75, 3.05) is 50.2 Å². The molecule has 0 N–H and O–H groups in total. The Bertz CT molecular complexity index is 925. The molecule has 0 radical (unpaired) electrons. The molecule has 1 heterocycles. The Hall–Kier alpha value is -2.58. The van der Waals surface area contributed by atoms with Gasteiger partial charge >= 0.3 is 0 Å². The molecule has 0 spiro atoms. The lowest BCUT2D eigenvalue weighted by molar-refractivity contribution is -0.131. The highest BCUT2D eigenvalue weighted by Gasteiger charge is 2.30. The Labute approximate surface area is 178 Å². The largest absolute Gasteiger partial charge is 0.494 e. The van der Waals surface area contributed by atoms with Gasteiger partial charge in [0.15, 0.2) is 0 Å². The number of amides is 1. The number of hydrogen-bond acceptors (Lipinski definition) is 5. The van der Waals surface area contributed by atoms with Crippen LogP contribution in [0.1, 0.15) is 13.8 Å². The molecule has 3 rings (SSSR count). The summed E-state index contributed by atoms with van der Waals surface area (Å²) in [5.41, 5.74) is 0.465. The summed E-state index contributed by atoms with van der Waals surface area (Å²) in [6.07, 6.45) is 0. The van der Waals surface area contributed by atoms with E-state index in [0.29, 0.717) is 31.1 Å². The first kappa shape index (κ1) is 22.1. The quantitative estimate of drug-likeness (QED) is 0.642. The Morgan fingerprint density at radius 1 is 0.967 bits per heavy atom. The fourth-order valence-corrected chi connectivity index (χ4v) is 4.86. The van der Waals surface area contributed by atoms with Crippen LogP contribution in [-0.4, -0.2) is 70.0 Å². The standard InChI is InChI=1S/C22H29N3O4S/c1-3-23-14-16-24(17-15-23)22(26)18-25(19-8-6-5-7-9-19)30(27,28)21-12-10-20(11-13-21)29-4-2/h5-13H,3-4,14-18H2,1-2H3. The van der Waals surface area contributed by atoms with Crippen LogP contribution in [0.5, 0.6) is 5.75 Å². The highest BCUT2D eigenvalue weighted by atomic mass is 32.2. The SMILES string of the molecule is CCOc1ccc(S(=O)(=O)N(CC(=O)N2CCN(CC)CC2)c2ccccc2)cc1. The molecule has 1 aliphatic rings. The van der Waals surface area contributed by atoms with Gasteiger partial charge in [-0.05, 0) is 49.9 Å². The molecule has 0 saturated carbocycles. The van der Waals surface area contributed by atoms with Gasteiger partial charge in [0, 0.05) is 26.2 Å². The van der Waals surface area contributed by atoms with Gasteiger partial charge in [0.1, 0.15) is 12.3 Å². The van der Waals surface area contributed by atoms with E-state index in [0.717, 1.165) is 19.6 Å². The highest BCUT2D eigenvalue weighted by Crippen LogP contribution is 2.25. The van der Waals surface area contributed by atoms with Crippen molar-refractivity contribution in [3.8, 4) is 5.75 Å². The molecule has 162 valence electrons. The molecule has 0 unspecified atom stereocenters. The van der Waals surface area contributed by atoms with E-state index in [4.69, 9.17) is 4.74 Å². The molecule has 1 amide bonds. The summed E-state index contributed by atoms with van der Waals surface area (Å²) in [6.45, 7) is 8.01. The second-order valence-corrected chi connectivity index (χ2v) is 8.93. The van der Waals surface area contributed by atoms with Crippen molar-refractivity contribution in [1.29, 1.82) is 0 Å². The molecule has 1 saturated heterocycles. The van der Waals surface area contributed by atoms with E-state index >= 15 is 0 Å². The predicted octanol–water partition coefficient (Wildman–Crippen LogP) is 2.44. The van der Waals surface area contributed by atoms with E-state index in [-0.39, 0.29) is 17.3 Å². The van der Waals surface area contributed by atoms with Gasteiger partial charge in [-0.15, -0.1) is 0 Å². The maximum atomic E-state index is 13.4. The minimum atomic E-state index is -3.92. The molecule has 7 nitrogen and oxygen atoms in total. The summed E-state index contributed by atoms with van der Waals surface area (Å²) in [5.74, 6) is 0.414. The number of rotatable bonds is 8. The summed E-state index contributed by atoms with van der Waals surface area (Å²) < 4.78 is 33.4. The van der Waals surface area contributed by atoms with Crippen molar-refractivity contribution in [3.63, 3.8) is 0 Å². The van der Waals surface area contributed by atoms with Crippen molar-refractivity contribution in [3.05, 3.63) is 54.6 Å². The smallest absolute Gasteiger partial charge is 0.264 e. The maximum Gasteiger partial charge on any atom is 0.264 e. The molecule has 30 heavy (non-hydrogen) atoms. The second-order valence-electron chi connectivity index (χ2n) is 7.07. The second kappa shape index (κ2) is 9.95. The zero-order valence-corrected chi connectivity index (χ0v) is 18.3. The van der Waals surface area contributed by atoms with Gasteiger partial charge in [-0.2, -0.15) is 0 Å². The van der Waals surface area contributed by atoms with Crippen molar-refractivity contribution < 1.29 is 17.9 Å². The first-order chi connectivity index (χ1) is 14.5. The van der Waals surface area contributed by atoms with Crippen molar-refractivity contribution >= 4 is 21.6 Å². The fraction of sp³-hybridized carbons (Fsp3) is 0.409. The van der Waals surface area contributed by atoms with Gasteiger partial charge in [-0.25, -0.2) is 8.42 Å². The fourth-order valence-electron chi connectivity index (χ4n) is 3.45. The topological polar surface area (TPSA) is 70.2 Å². The molecule has 0 aliphatic carbocycles. The molecular weight excluding hydrogens is 402 g/mol. The third kappa shape index (κ3) is 5.12. The normalized spacial score (nSPS) is 15.1. The van der Waals surface area contributed by atoms with Crippen LogP contribution in [0.25, 0.3) is 0 Å². The minimum Gasteiger partial charge on any atom is -0.494 e. The van der Waals surface area contributed by atoms with E-state index in [2.05, 4.69) is 11.8 Å². The molecule has 2 aromatic carbocycles. The molecule has 0 bridgehead atoms. The molecule has 1 aliphatic heterocycles. The van der Waals surface area contributed by atoms with E-state index in [1.165, 1.54) is 16.4 Å². The number of likely N-dealkylation sites (N-methyl/N-ethyl adjacent to an activating group) is 1. The van der Waals surface area contributed by atoms with Crippen LogP contribution in [0.3, 0.4) is 0 Å². The Morgan fingerprint density at radius 3 is 2.17 bits per heavy atom. The van der Waals surface area contributed by atoms with E-state index in [1.54, 1.807) is 41.3 Å². The van der Waals surface area contributed by atoms with Crippen LogP contribution in [0.15, 0.2) is 59.5 Å². The molecule has 2 aromatic rings. The monoisotopic (exact) mass is 431 g/mol. The first-order valence-corrected chi connectivity index (χ1v) is 11.7. The number of carbonyl (C=O) groups excluding carboxylic acids is 1. The van der Waals surface area contributed by atoms with Crippen molar-refractivity contribution in [2.45, 2.75) is 18.7 Å². The number of ether oxygens (including phenoxy) is 1. The van der Waals surface area contributed by atoms with Gasteiger partial charge in [-0.3, -0.25) is 9.10 Å². The number of para-hydroxylation sites is 1. The van der Waals surface area contributed by atoms with Crippen LogP contribution in [0.4, 0.5) is 5.69 Å². The molecule has 0 atom stereocenters. The number of hydrogen-bond donors (Lipinski definition) is 0.